The van der Waals surface area contributed by atoms with Crippen molar-refractivity contribution < 1.29 is 29.2 Å². The molecule has 0 spiro atoms. The number of aliphatic hydroxyl groups is 1. The first kappa shape index (κ1) is 25.2. The van der Waals surface area contributed by atoms with Crippen LogP contribution in [0.4, 0.5) is 0 Å². The van der Waals surface area contributed by atoms with Crippen molar-refractivity contribution in [2.24, 2.45) is 5.73 Å². The lowest BCUT2D eigenvalue weighted by Gasteiger charge is -2.12. The summed E-state index contributed by atoms with van der Waals surface area (Å²) in [6.07, 6.45) is 1.88. The molecule has 23 heavy (non-hydrogen) atoms. The highest BCUT2D eigenvalue weighted by molar-refractivity contribution is 7.96. The zero-order valence-corrected chi connectivity index (χ0v) is 15.8. The molecule has 7 nitrogen and oxygen atoms in total. The van der Waals surface area contributed by atoms with Crippen LogP contribution in [-0.4, -0.2) is 85.7 Å². The van der Waals surface area contributed by atoms with Gasteiger partial charge in [-0.1, -0.05) is 0 Å². The molecular weight excluding hydrogens is 342 g/mol. The Labute approximate surface area is 148 Å². The predicted molar refractivity (Wildman–Crippen MR) is 97.8 cm³/mol. The van der Waals surface area contributed by atoms with Gasteiger partial charge < -0.3 is 30.2 Å². The minimum absolute atomic E-state index is 0. The van der Waals surface area contributed by atoms with E-state index in [1.807, 2.05) is 13.2 Å². The Kier molecular flexibility index (Phi) is 18.4. The normalized spacial score (nSPS) is 14.8. The Bertz CT molecular complexity index is 286. The van der Waals surface area contributed by atoms with Crippen LogP contribution in [0.1, 0.15) is 13.3 Å². The molecule has 0 bridgehead atoms. The summed E-state index contributed by atoms with van der Waals surface area (Å²) in [6, 6.07) is -0.822. The maximum atomic E-state index is 10.6. The van der Waals surface area contributed by atoms with Crippen LogP contribution in [0.25, 0.3) is 0 Å². The lowest BCUT2D eigenvalue weighted by molar-refractivity contribution is -0.138. The molecule has 4 N–H and O–H groups in total. The van der Waals surface area contributed by atoms with E-state index in [0.717, 1.165) is 0 Å². The van der Waals surface area contributed by atoms with Gasteiger partial charge in [-0.05, 0) is 17.8 Å². The summed E-state index contributed by atoms with van der Waals surface area (Å²) in [6.45, 7) is 4.91. The molecule has 140 valence electrons. The van der Waals surface area contributed by atoms with E-state index in [9.17, 15) is 9.90 Å². The van der Waals surface area contributed by atoms with Crippen molar-refractivity contribution in [1.82, 2.24) is 0 Å². The molecule has 2 unspecified atom stereocenters. The minimum atomic E-state index is -0.981. The highest BCUT2D eigenvalue weighted by Gasteiger charge is 2.21. The van der Waals surface area contributed by atoms with Gasteiger partial charge in [0.2, 0.25) is 0 Å². The molecule has 0 amide bonds. The molecule has 0 rings (SSSR count). The zero-order chi connectivity index (χ0) is 16.8. The molecule has 0 aromatic heterocycles. The first-order valence-electron chi connectivity index (χ1n) is 7.46. The van der Waals surface area contributed by atoms with Gasteiger partial charge in [-0.3, -0.25) is 4.79 Å². The number of nitrogens with two attached hydrogens (primary N) is 1. The molecule has 0 aliphatic heterocycles. The standard InChI is InChI=1S/C14H29NO6S.H2S/c1-3-19-5-6-20-7-8-21-10-12(16)11-22(2)9-4-13(15)14(17)18;/h12-13,16H,3-11,15H2,1-2H3;1H2/p+1/t12?,13-,22?;/m0./s1. The van der Waals surface area contributed by atoms with Crippen LogP contribution in [0, 0.1) is 0 Å². The van der Waals surface area contributed by atoms with Crippen LogP contribution in [0.15, 0.2) is 0 Å². The Hall–Kier alpha value is -0.0300. The van der Waals surface area contributed by atoms with Crippen molar-refractivity contribution in [2.75, 3.05) is 57.4 Å². The van der Waals surface area contributed by atoms with E-state index in [-0.39, 0.29) is 31.0 Å². The third kappa shape index (κ3) is 16.6. The number of rotatable bonds is 15. The Balaban J connectivity index is 0. The quantitative estimate of drug-likeness (QED) is 0.264. The fourth-order valence-corrected chi connectivity index (χ4v) is 3.19. The van der Waals surface area contributed by atoms with Gasteiger partial charge in [0.15, 0.2) is 0 Å². The largest absolute Gasteiger partial charge is 0.480 e. The van der Waals surface area contributed by atoms with E-state index < -0.39 is 18.1 Å². The number of hydrogen-bond acceptors (Lipinski definition) is 6. The lowest BCUT2D eigenvalue weighted by atomic mass is 10.2. The molecule has 0 aliphatic rings. The van der Waals surface area contributed by atoms with E-state index in [4.69, 9.17) is 25.1 Å². The monoisotopic (exact) mass is 374 g/mol. The van der Waals surface area contributed by atoms with Gasteiger partial charge in [0.25, 0.3) is 0 Å². The summed E-state index contributed by atoms with van der Waals surface area (Å²) in [4.78, 5) is 10.6. The van der Waals surface area contributed by atoms with Crippen LogP contribution in [0.5, 0.6) is 0 Å². The van der Waals surface area contributed by atoms with Crippen LogP contribution in [-0.2, 0) is 29.9 Å². The smallest absolute Gasteiger partial charge is 0.320 e. The second-order valence-corrected chi connectivity index (χ2v) is 7.23. The summed E-state index contributed by atoms with van der Waals surface area (Å²) in [5.41, 5.74) is 5.45. The summed E-state index contributed by atoms with van der Waals surface area (Å²) < 4.78 is 15.7. The number of ether oxygens (including phenoxy) is 3. The fraction of sp³-hybridized carbons (Fsp3) is 0.929. The highest BCUT2D eigenvalue weighted by atomic mass is 32.2. The van der Waals surface area contributed by atoms with Crippen LogP contribution >= 0.6 is 13.5 Å². The number of hydrogen-bond donors (Lipinski definition) is 3. The summed E-state index contributed by atoms with van der Waals surface area (Å²) in [7, 11) is -0.0710. The second kappa shape index (κ2) is 16.8. The third-order valence-electron chi connectivity index (χ3n) is 2.83. The molecule has 0 aromatic carbocycles. The third-order valence-corrected chi connectivity index (χ3v) is 4.72. The van der Waals surface area contributed by atoms with Gasteiger partial charge in [-0.25, -0.2) is 0 Å². The zero-order valence-electron chi connectivity index (χ0n) is 14.0. The Morgan fingerprint density at radius 2 is 1.74 bits per heavy atom. The first-order chi connectivity index (χ1) is 10.5. The van der Waals surface area contributed by atoms with Crippen molar-refractivity contribution in [3.63, 3.8) is 0 Å². The SMILES string of the molecule is CCOCCOCCOCC(O)C[S+](C)CC[C@H](N)C(=O)O.S. The van der Waals surface area contributed by atoms with Crippen molar-refractivity contribution in [1.29, 1.82) is 0 Å². The van der Waals surface area contributed by atoms with Crippen LogP contribution < -0.4 is 5.73 Å². The van der Waals surface area contributed by atoms with Crippen LogP contribution in [0.2, 0.25) is 0 Å². The van der Waals surface area contributed by atoms with Crippen molar-refractivity contribution in [2.45, 2.75) is 25.5 Å². The molecule has 0 heterocycles. The summed E-state index contributed by atoms with van der Waals surface area (Å²) in [5.74, 6) is 0.313. The molecule has 3 atom stereocenters. The predicted octanol–water partition coefficient (Wildman–Crippen LogP) is -0.420. The van der Waals surface area contributed by atoms with E-state index in [1.165, 1.54) is 0 Å². The number of aliphatic hydroxyl groups excluding tert-OH is 1. The van der Waals surface area contributed by atoms with Gasteiger partial charge >= 0.3 is 5.97 Å². The Morgan fingerprint density at radius 3 is 2.30 bits per heavy atom. The lowest BCUT2D eigenvalue weighted by Crippen LogP contribution is -2.34. The van der Waals surface area contributed by atoms with Gasteiger partial charge in [0.1, 0.15) is 23.7 Å². The average molecular weight is 375 g/mol. The van der Waals surface area contributed by atoms with Crippen molar-refractivity contribution >= 4 is 30.4 Å². The highest BCUT2D eigenvalue weighted by Crippen LogP contribution is 2.01. The molecule has 0 aromatic rings. The summed E-state index contributed by atoms with van der Waals surface area (Å²) in [5, 5.41) is 18.5. The van der Waals surface area contributed by atoms with Gasteiger partial charge in [-0.2, -0.15) is 13.5 Å². The molecule has 0 radical (unpaired) electrons. The number of aliphatic carboxylic acids is 1. The maximum absolute atomic E-state index is 10.6. The van der Waals surface area contributed by atoms with E-state index >= 15 is 0 Å². The fourth-order valence-electron chi connectivity index (χ4n) is 1.61. The molecule has 0 saturated carbocycles. The average Bonchev–Trinajstić information content (AvgIpc) is 2.47. The van der Waals surface area contributed by atoms with E-state index in [1.54, 1.807) is 0 Å². The first-order valence-corrected chi connectivity index (χ1v) is 9.43. The topological polar surface area (TPSA) is 111 Å². The molecule has 0 saturated heterocycles. The molecule has 0 fully saturated rings. The van der Waals surface area contributed by atoms with Crippen molar-refractivity contribution in [3.8, 4) is 0 Å². The van der Waals surface area contributed by atoms with E-state index in [2.05, 4.69) is 0 Å². The molecule has 0 aliphatic carbocycles. The minimum Gasteiger partial charge on any atom is -0.480 e. The number of carboxylic acids is 1. The maximum Gasteiger partial charge on any atom is 0.320 e. The molecular formula is C14H32NO6S2+. The van der Waals surface area contributed by atoms with Gasteiger partial charge in [-0.15, -0.1) is 0 Å². The summed E-state index contributed by atoms with van der Waals surface area (Å²) >= 11 is 0. The van der Waals surface area contributed by atoms with E-state index in [0.29, 0.717) is 51.0 Å². The molecule has 9 heteroatoms. The van der Waals surface area contributed by atoms with Gasteiger partial charge in [0.05, 0.1) is 39.3 Å². The number of carboxylic acid groups (broad SMARTS) is 1. The second-order valence-electron chi connectivity index (χ2n) is 4.92. The number of carbonyl (C=O) groups is 1. The Morgan fingerprint density at radius 1 is 1.17 bits per heavy atom. The van der Waals surface area contributed by atoms with Crippen LogP contribution in [0.3, 0.4) is 0 Å². The van der Waals surface area contributed by atoms with Gasteiger partial charge in [0, 0.05) is 13.0 Å². The van der Waals surface area contributed by atoms with Crippen molar-refractivity contribution in [3.05, 3.63) is 0 Å².